The molecule has 0 atom stereocenters. The standard InChI is InChI=1S/C20H27N5O2.H2/c26-20-12-9-15-14-17(10-11-18(15)21-20)27-13-5-4-8-19-22-23-24-25(19)16-6-2-1-3-7-16;/h10-11,14,16H,1-9,12-13H2,(H,21,26);1H. The smallest absolute Gasteiger partial charge is 0.224 e. The molecule has 1 aliphatic carbocycles. The highest BCUT2D eigenvalue weighted by molar-refractivity contribution is 5.93. The summed E-state index contributed by atoms with van der Waals surface area (Å²) in [5.41, 5.74) is 2.06. The minimum atomic E-state index is 0. The summed E-state index contributed by atoms with van der Waals surface area (Å²) in [6, 6.07) is 6.38. The van der Waals surface area contributed by atoms with Gasteiger partial charge in [0.15, 0.2) is 5.82 Å². The third-order valence-corrected chi connectivity index (χ3v) is 5.52. The van der Waals surface area contributed by atoms with Crippen LogP contribution in [0.25, 0.3) is 0 Å². The fourth-order valence-corrected chi connectivity index (χ4v) is 4.01. The third kappa shape index (κ3) is 4.46. The molecule has 1 aromatic carbocycles. The number of benzene rings is 1. The predicted molar refractivity (Wildman–Crippen MR) is 104 cm³/mol. The Morgan fingerprint density at radius 3 is 2.96 bits per heavy atom. The average molecular weight is 371 g/mol. The summed E-state index contributed by atoms with van der Waals surface area (Å²) < 4.78 is 7.95. The number of fused-ring (bicyclic) bond motifs is 1. The second kappa shape index (κ2) is 8.50. The zero-order valence-electron chi connectivity index (χ0n) is 15.7. The number of aromatic nitrogens is 4. The van der Waals surface area contributed by atoms with Crippen LogP contribution in [0.5, 0.6) is 5.75 Å². The van der Waals surface area contributed by atoms with Crippen molar-refractivity contribution in [1.29, 1.82) is 0 Å². The maximum Gasteiger partial charge on any atom is 0.224 e. The minimum absolute atomic E-state index is 0. The van der Waals surface area contributed by atoms with Crippen molar-refractivity contribution in [3.8, 4) is 5.75 Å². The van der Waals surface area contributed by atoms with Gasteiger partial charge in [0.05, 0.1) is 12.6 Å². The maximum atomic E-state index is 11.4. The summed E-state index contributed by atoms with van der Waals surface area (Å²) >= 11 is 0. The van der Waals surface area contributed by atoms with E-state index in [1.165, 1.54) is 32.1 Å². The second-order valence-electron chi connectivity index (χ2n) is 7.50. The molecule has 7 nitrogen and oxygen atoms in total. The highest BCUT2D eigenvalue weighted by Gasteiger charge is 2.19. The van der Waals surface area contributed by atoms with Gasteiger partial charge in [-0.05, 0) is 66.3 Å². The lowest BCUT2D eigenvalue weighted by Gasteiger charge is -2.22. The Kier molecular flexibility index (Phi) is 5.65. The quantitative estimate of drug-likeness (QED) is 0.750. The number of anilines is 1. The molecule has 1 fully saturated rings. The number of nitrogens with zero attached hydrogens (tertiary/aromatic N) is 4. The van der Waals surface area contributed by atoms with Gasteiger partial charge in [-0.25, -0.2) is 4.68 Å². The van der Waals surface area contributed by atoms with E-state index in [1.54, 1.807) is 0 Å². The number of ether oxygens (including phenoxy) is 1. The number of hydrogen-bond acceptors (Lipinski definition) is 5. The number of nitrogens with one attached hydrogen (secondary N) is 1. The van der Waals surface area contributed by atoms with E-state index < -0.39 is 0 Å². The first-order chi connectivity index (χ1) is 13.3. The molecule has 27 heavy (non-hydrogen) atoms. The molecule has 0 spiro atoms. The molecule has 4 rings (SSSR count). The van der Waals surface area contributed by atoms with E-state index in [4.69, 9.17) is 4.74 Å². The summed E-state index contributed by atoms with van der Waals surface area (Å²) in [7, 11) is 0. The van der Waals surface area contributed by atoms with Gasteiger partial charge in [0.25, 0.3) is 0 Å². The molecule has 0 radical (unpaired) electrons. The van der Waals surface area contributed by atoms with Crippen LogP contribution in [0.4, 0.5) is 5.69 Å². The lowest BCUT2D eigenvalue weighted by Crippen LogP contribution is -2.18. The van der Waals surface area contributed by atoms with Crippen LogP contribution in [0.15, 0.2) is 18.2 Å². The monoisotopic (exact) mass is 371 g/mol. The van der Waals surface area contributed by atoms with Gasteiger partial charge >= 0.3 is 0 Å². The maximum absolute atomic E-state index is 11.4. The van der Waals surface area contributed by atoms with Crippen molar-refractivity contribution in [3.63, 3.8) is 0 Å². The normalized spacial score (nSPS) is 17.4. The van der Waals surface area contributed by atoms with E-state index in [1.807, 2.05) is 18.2 Å². The largest absolute Gasteiger partial charge is 0.494 e. The van der Waals surface area contributed by atoms with Gasteiger partial charge in [-0.15, -0.1) is 5.10 Å². The van der Waals surface area contributed by atoms with Crippen molar-refractivity contribution in [2.45, 2.75) is 70.3 Å². The first-order valence-corrected chi connectivity index (χ1v) is 10.1. The van der Waals surface area contributed by atoms with E-state index >= 15 is 0 Å². The van der Waals surface area contributed by atoms with Gasteiger partial charge in [-0.2, -0.15) is 0 Å². The fourth-order valence-electron chi connectivity index (χ4n) is 4.01. The van der Waals surface area contributed by atoms with Crippen molar-refractivity contribution in [2.75, 3.05) is 11.9 Å². The molecule has 7 heteroatoms. The van der Waals surface area contributed by atoms with E-state index in [2.05, 4.69) is 25.5 Å². The lowest BCUT2D eigenvalue weighted by molar-refractivity contribution is -0.116. The predicted octanol–water partition coefficient (Wildman–Crippen LogP) is 3.71. The Hall–Kier alpha value is -2.44. The number of carbonyl (C=O) groups excluding carboxylic acids is 1. The topological polar surface area (TPSA) is 81.9 Å². The van der Waals surface area contributed by atoms with Gasteiger partial charge in [-0.3, -0.25) is 4.79 Å². The molecule has 2 aliphatic rings. The zero-order valence-corrected chi connectivity index (χ0v) is 15.7. The molecule has 0 unspecified atom stereocenters. The molecule has 1 saturated carbocycles. The molecule has 1 amide bonds. The Morgan fingerprint density at radius 2 is 2.07 bits per heavy atom. The summed E-state index contributed by atoms with van der Waals surface area (Å²) in [6.07, 6.45) is 10.5. The Balaban J connectivity index is 0.00000225. The summed E-state index contributed by atoms with van der Waals surface area (Å²) in [5.74, 6) is 1.97. The lowest BCUT2D eigenvalue weighted by atomic mass is 9.95. The third-order valence-electron chi connectivity index (χ3n) is 5.52. The molecule has 2 aromatic rings. The first-order valence-electron chi connectivity index (χ1n) is 10.1. The molecule has 1 N–H and O–H groups in total. The molecule has 0 saturated heterocycles. The van der Waals surface area contributed by atoms with Crippen LogP contribution in [-0.4, -0.2) is 32.7 Å². The van der Waals surface area contributed by atoms with E-state index in [0.717, 1.165) is 48.5 Å². The molecule has 1 aliphatic heterocycles. The average Bonchev–Trinajstić information content (AvgIpc) is 3.17. The van der Waals surface area contributed by atoms with Crippen LogP contribution in [0.2, 0.25) is 0 Å². The van der Waals surface area contributed by atoms with Gasteiger partial charge in [0.2, 0.25) is 5.91 Å². The Labute approximate surface area is 161 Å². The van der Waals surface area contributed by atoms with Gasteiger partial charge in [-0.1, -0.05) is 19.3 Å². The van der Waals surface area contributed by atoms with Crippen LogP contribution in [0.1, 0.15) is 70.2 Å². The van der Waals surface area contributed by atoms with E-state index in [-0.39, 0.29) is 7.33 Å². The molecular formula is C20H29N5O2. The van der Waals surface area contributed by atoms with Crippen molar-refractivity contribution in [1.82, 2.24) is 20.2 Å². The number of unbranched alkanes of at least 4 members (excludes halogenated alkanes) is 1. The van der Waals surface area contributed by atoms with Crippen LogP contribution >= 0.6 is 0 Å². The summed E-state index contributed by atoms with van der Waals surface area (Å²) in [6.45, 7) is 0.677. The van der Waals surface area contributed by atoms with E-state index in [0.29, 0.717) is 19.1 Å². The molecule has 146 valence electrons. The summed E-state index contributed by atoms with van der Waals surface area (Å²) in [5, 5.41) is 15.2. The van der Waals surface area contributed by atoms with Gasteiger partial charge in [0.1, 0.15) is 5.75 Å². The molecule has 2 heterocycles. The van der Waals surface area contributed by atoms with Crippen LogP contribution in [0.3, 0.4) is 0 Å². The fraction of sp³-hybridized carbons (Fsp3) is 0.600. The number of tetrazole rings is 1. The zero-order chi connectivity index (χ0) is 18.5. The number of amides is 1. The van der Waals surface area contributed by atoms with Crippen molar-refractivity contribution in [2.24, 2.45) is 0 Å². The second-order valence-corrected chi connectivity index (χ2v) is 7.50. The summed E-state index contributed by atoms with van der Waals surface area (Å²) in [4.78, 5) is 11.4. The highest BCUT2D eigenvalue weighted by Crippen LogP contribution is 2.28. The highest BCUT2D eigenvalue weighted by atomic mass is 16.5. The molecular weight excluding hydrogens is 342 g/mol. The van der Waals surface area contributed by atoms with Crippen molar-refractivity contribution >= 4 is 11.6 Å². The first kappa shape index (κ1) is 17.9. The Morgan fingerprint density at radius 1 is 1.19 bits per heavy atom. The van der Waals surface area contributed by atoms with E-state index in [9.17, 15) is 4.79 Å². The van der Waals surface area contributed by atoms with Gasteiger partial charge in [0, 0.05) is 20.0 Å². The van der Waals surface area contributed by atoms with Crippen LogP contribution < -0.4 is 10.1 Å². The SMILES string of the molecule is O=C1CCc2cc(OCCCCc3nnnn3C3CCCCC3)ccc2N1.[HH]. The number of aryl methyl sites for hydroxylation is 2. The minimum Gasteiger partial charge on any atom is -0.494 e. The number of rotatable bonds is 7. The van der Waals surface area contributed by atoms with Crippen molar-refractivity contribution in [3.05, 3.63) is 29.6 Å². The van der Waals surface area contributed by atoms with Crippen molar-refractivity contribution < 1.29 is 11.0 Å². The van der Waals surface area contributed by atoms with Crippen LogP contribution in [-0.2, 0) is 17.6 Å². The molecule has 1 aromatic heterocycles. The molecule has 0 bridgehead atoms. The number of carbonyl (C=O) groups is 1. The number of hydrogen-bond donors (Lipinski definition) is 1. The Bertz CT molecular complexity index is 789. The van der Waals surface area contributed by atoms with Crippen LogP contribution in [0, 0.1) is 0 Å². The van der Waals surface area contributed by atoms with Gasteiger partial charge < -0.3 is 10.1 Å².